The van der Waals surface area contributed by atoms with Crippen LogP contribution in [0, 0.1) is 10.1 Å². The molecule has 0 unspecified atom stereocenters. The number of aromatic amines is 1. The van der Waals surface area contributed by atoms with Crippen LogP contribution in [0.25, 0.3) is 0 Å². The Hall–Kier alpha value is -1.86. The first-order valence-electron chi connectivity index (χ1n) is 4.73. The van der Waals surface area contributed by atoms with Crippen LogP contribution in [0.1, 0.15) is 0 Å². The summed E-state index contributed by atoms with van der Waals surface area (Å²) in [6, 6.07) is 5.57. The van der Waals surface area contributed by atoms with Gasteiger partial charge in [-0.05, 0) is 23.9 Å². The third-order valence-corrected chi connectivity index (χ3v) is 3.17. The fraction of sp³-hybridized carbons (Fsp3) is 0. The quantitative estimate of drug-likeness (QED) is 0.531. The van der Waals surface area contributed by atoms with E-state index < -0.39 is 4.92 Å². The Morgan fingerprint density at radius 3 is 2.83 bits per heavy atom. The monoisotopic (exact) mass is 283 g/mol. The van der Waals surface area contributed by atoms with Crippen molar-refractivity contribution in [2.45, 2.75) is 10.1 Å². The first-order chi connectivity index (χ1) is 8.56. The van der Waals surface area contributed by atoms with Gasteiger partial charge in [0, 0.05) is 23.4 Å². The van der Waals surface area contributed by atoms with E-state index in [1.54, 1.807) is 0 Å². The fourth-order valence-corrected chi connectivity index (χ4v) is 2.24. The van der Waals surface area contributed by atoms with E-state index in [-0.39, 0.29) is 21.4 Å². The Labute approximate surface area is 110 Å². The molecule has 0 fully saturated rings. The third kappa shape index (κ3) is 2.88. The van der Waals surface area contributed by atoms with E-state index in [1.165, 1.54) is 30.5 Å². The van der Waals surface area contributed by atoms with Gasteiger partial charge in [0.1, 0.15) is 0 Å². The van der Waals surface area contributed by atoms with Crippen molar-refractivity contribution in [2.75, 3.05) is 0 Å². The van der Waals surface area contributed by atoms with Gasteiger partial charge in [-0.3, -0.25) is 14.9 Å². The second kappa shape index (κ2) is 5.19. The van der Waals surface area contributed by atoms with Crippen molar-refractivity contribution in [3.05, 3.63) is 56.0 Å². The number of aromatic nitrogens is 2. The highest BCUT2D eigenvalue weighted by Crippen LogP contribution is 2.34. The molecule has 2 rings (SSSR count). The van der Waals surface area contributed by atoms with Gasteiger partial charge < -0.3 is 4.98 Å². The highest BCUT2D eigenvalue weighted by Gasteiger charge is 2.16. The van der Waals surface area contributed by atoms with E-state index in [4.69, 9.17) is 11.6 Å². The summed E-state index contributed by atoms with van der Waals surface area (Å²) in [6.45, 7) is 0. The summed E-state index contributed by atoms with van der Waals surface area (Å²) in [6.07, 6.45) is 1.34. The lowest BCUT2D eigenvalue weighted by Crippen LogP contribution is -2.05. The van der Waals surface area contributed by atoms with Crippen molar-refractivity contribution in [1.29, 1.82) is 0 Å². The maximum absolute atomic E-state index is 11.1. The molecule has 2 aromatic rings. The molecule has 8 heteroatoms. The molecular formula is C10H6ClN3O3S. The van der Waals surface area contributed by atoms with Crippen molar-refractivity contribution in [1.82, 2.24) is 9.97 Å². The van der Waals surface area contributed by atoms with Crippen LogP contribution in [0.2, 0.25) is 5.02 Å². The van der Waals surface area contributed by atoms with Gasteiger partial charge in [-0.15, -0.1) is 0 Å². The number of halogens is 1. The smallest absolute Gasteiger partial charge is 0.284 e. The molecule has 0 saturated heterocycles. The van der Waals surface area contributed by atoms with E-state index in [9.17, 15) is 14.9 Å². The van der Waals surface area contributed by atoms with Crippen molar-refractivity contribution >= 4 is 29.1 Å². The summed E-state index contributed by atoms with van der Waals surface area (Å²) in [4.78, 5) is 28.2. The molecule has 0 radical (unpaired) electrons. The molecule has 0 saturated carbocycles. The van der Waals surface area contributed by atoms with Gasteiger partial charge in [0.15, 0.2) is 5.16 Å². The third-order valence-electron chi connectivity index (χ3n) is 1.97. The van der Waals surface area contributed by atoms with Crippen LogP contribution in [0.15, 0.2) is 45.3 Å². The Morgan fingerprint density at radius 1 is 1.39 bits per heavy atom. The summed E-state index contributed by atoms with van der Waals surface area (Å²) >= 11 is 6.70. The van der Waals surface area contributed by atoms with Crippen LogP contribution in [-0.4, -0.2) is 14.9 Å². The lowest BCUT2D eigenvalue weighted by Gasteiger charge is -2.02. The summed E-state index contributed by atoms with van der Waals surface area (Å²) in [5, 5.41) is 11.4. The fourth-order valence-electron chi connectivity index (χ4n) is 1.23. The molecule has 0 aliphatic carbocycles. The van der Waals surface area contributed by atoms with Crippen molar-refractivity contribution in [2.24, 2.45) is 0 Å². The molecule has 0 spiro atoms. The minimum Gasteiger partial charge on any atom is -0.301 e. The number of hydrogen-bond donors (Lipinski definition) is 1. The second-order valence-electron chi connectivity index (χ2n) is 3.21. The van der Waals surface area contributed by atoms with Crippen LogP contribution >= 0.6 is 23.4 Å². The highest BCUT2D eigenvalue weighted by atomic mass is 35.5. The zero-order chi connectivity index (χ0) is 13.1. The van der Waals surface area contributed by atoms with Crippen molar-refractivity contribution < 1.29 is 4.92 Å². The SMILES string of the molecule is O=c1ccnc(Sc2ccc(Cl)cc2[N+](=O)[O-])[nH]1. The number of nitro groups is 1. The van der Waals surface area contributed by atoms with Crippen LogP contribution in [0.4, 0.5) is 5.69 Å². The molecule has 0 atom stereocenters. The lowest BCUT2D eigenvalue weighted by molar-refractivity contribution is -0.387. The maximum Gasteiger partial charge on any atom is 0.284 e. The van der Waals surface area contributed by atoms with Crippen LogP contribution in [0.3, 0.4) is 0 Å². The number of H-pyrrole nitrogens is 1. The highest BCUT2D eigenvalue weighted by molar-refractivity contribution is 7.99. The zero-order valence-electron chi connectivity index (χ0n) is 8.79. The largest absolute Gasteiger partial charge is 0.301 e. The van der Waals surface area contributed by atoms with E-state index in [2.05, 4.69) is 9.97 Å². The predicted molar refractivity (Wildman–Crippen MR) is 67.1 cm³/mol. The number of hydrogen-bond acceptors (Lipinski definition) is 5. The van der Waals surface area contributed by atoms with Gasteiger partial charge >= 0.3 is 0 Å². The molecule has 1 aromatic heterocycles. The van der Waals surface area contributed by atoms with E-state index in [0.717, 1.165) is 11.8 Å². The first kappa shape index (κ1) is 12.6. The number of nitro benzene ring substituents is 1. The van der Waals surface area contributed by atoms with Gasteiger partial charge in [-0.2, -0.15) is 0 Å². The van der Waals surface area contributed by atoms with Gasteiger partial charge in [-0.1, -0.05) is 11.6 Å². The predicted octanol–water partition coefficient (Wildman–Crippen LogP) is 2.48. The Bertz CT molecular complexity index is 659. The summed E-state index contributed by atoms with van der Waals surface area (Å²) < 4.78 is 0. The Balaban J connectivity index is 2.40. The molecule has 6 nitrogen and oxygen atoms in total. The van der Waals surface area contributed by atoms with Crippen molar-refractivity contribution in [3.8, 4) is 0 Å². The molecule has 0 aliphatic rings. The van der Waals surface area contributed by atoms with Gasteiger partial charge in [0.2, 0.25) is 0 Å². The van der Waals surface area contributed by atoms with Crippen molar-refractivity contribution in [3.63, 3.8) is 0 Å². The van der Waals surface area contributed by atoms with Crippen LogP contribution < -0.4 is 5.56 Å². The molecule has 0 aliphatic heterocycles. The molecule has 0 amide bonds. The second-order valence-corrected chi connectivity index (χ2v) is 4.68. The molecule has 0 bridgehead atoms. The molecule has 1 aromatic carbocycles. The normalized spacial score (nSPS) is 10.3. The molecular weight excluding hydrogens is 278 g/mol. The number of nitrogens with one attached hydrogen (secondary N) is 1. The molecule has 1 heterocycles. The van der Waals surface area contributed by atoms with Gasteiger partial charge in [0.05, 0.1) is 9.82 Å². The maximum atomic E-state index is 11.1. The lowest BCUT2D eigenvalue weighted by atomic mass is 10.3. The van der Waals surface area contributed by atoms with E-state index >= 15 is 0 Å². The van der Waals surface area contributed by atoms with Crippen LogP contribution in [-0.2, 0) is 0 Å². The van der Waals surface area contributed by atoms with Gasteiger partial charge in [-0.25, -0.2) is 4.98 Å². The van der Waals surface area contributed by atoms with Crippen LogP contribution in [0.5, 0.6) is 0 Å². The average molecular weight is 284 g/mol. The molecule has 1 N–H and O–H groups in total. The topological polar surface area (TPSA) is 88.9 Å². The zero-order valence-corrected chi connectivity index (χ0v) is 10.4. The standard InChI is InChI=1S/C10H6ClN3O3S/c11-6-1-2-8(7(5-6)14(16)17)18-10-12-4-3-9(15)13-10/h1-5H,(H,12,13,15). The molecule has 18 heavy (non-hydrogen) atoms. The number of rotatable bonds is 3. The Morgan fingerprint density at radius 2 is 2.17 bits per heavy atom. The number of benzene rings is 1. The minimum absolute atomic E-state index is 0.126. The number of nitrogens with zero attached hydrogens (tertiary/aromatic N) is 2. The summed E-state index contributed by atoms with van der Waals surface area (Å²) in [5.74, 6) is 0. The van der Waals surface area contributed by atoms with E-state index in [0.29, 0.717) is 4.90 Å². The molecule has 92 valence electrons. The van der Waals surface area contributed by atoms with Gasteiger partial charge in [0.25, 0.3) is 11.2 Å². The Kier molecular flexibility index (Phi) is 3.63. The summed E-state index contributed by atoms with van der Waals surface area (Å²) in [5.41, 5.74) is -0.442. The summed E-state index contributed by atoms with van der Waals surface area (Å²) in [7, 11) is 0. The average Bonchev–Trinajstić information content (AvgIpc) is 2.31. The minimum atomic E-state index is -0.532. The van der Waals surface area contributed by atoms with E-state index in [1.807, 2.05) is 0 Å². The first-order valence-corrected chi connectivity index (χ1v) is 5.93.